The first-order valence-electron chi connectivity index (χ1n) is 6.19. The van der Waals surface area contributed by atoms with Crippen LogP contribution in [0.15, 0.2) is 17.5 Å². The molecule has 0 aliphatic heterocycles. The van der Waals surface area contributed by atoms with Gasteiger partial charge in [-0.15, -0.1) is 11.3 Å². The molecule has 2 rings (SSSR count). The van der Waals surface area contributed by atoms with E-state index in [4.69, 9.17) is 0 Å². The van der Waals surface area contributed by atoms with Gasteiger partial charge >= 0.3 is 6.03 Å². The molecule has 2 heterocycles. The number of carbonyl (C=O) groups excluding carboxylic acids is 1. The molecule has 0 bridgehead atoms. The second kappa shape index (κ2) is 6.33. The molecule has 6 nitrogen and oxygen atoms in total. The van der Waals surface area contributed by atoms with Gasteiger partial charge < -0.3 is 5.32 Å². The number of nitrogens with zero attached hydrogens (tertiary/aromatic N) is 2. The van der Waals surface area contributed by atoms with Crippen LogP contribution in [0.25, 0.3) is 0 Å². The van der Waals surface area contributed by atoms with Crippen LogP contribution >= 0.6 is 11.3 Å². The molecule has 106 valence electrons. The zero-order valence-corrected chi connectivity index (χ0v) is 12.5. The van der Waals surface area contributed by atoms with E-state index in [1.54, 1.807) is 11.3 Å². The molecule has 7 heteroatoms. The van der Waals surface area contributed by atoms with Crippen molar-refractivity contribution < 1.29 is 4.79 Å². The van der Waals surface area contributed by atoms with Crippen molar-refractivity contribution in [3.05, 3.63) is 39.3 Å². The fourth-order valence-electron chi connectivity index (χ4n) is 1.68. The maximum Gasteiger partial charge on any atom is 0.333 e. The van der Waals surface area contributed by atoms with Crippen LogP contribution in [-0.4, -0.2) is 16.0 Å². The third-order valence-corrected chi connectivity index (χ3v) is 3.67. The van der Waals surface area contributed by atoms with Crippen molar-refractivity contribution >= 4 is 23.3 Å². The fraction of sp³-hybridized carbons (Fsp3) is 0.308. The van der Waals surface area contributed by atoms with Gasteiger partial charge in [0.2, 0.25) is 5.95 Å². The zero-order valence-electron chi connectivity index (χ0n) is 11.7. The van der Waals surface area contributed by atoms with Crippen molar-refractivity contribution in [1.29, 1.82) is 0 Å². The minimum Gasteiger partial charge on any atom is -0.332 e. The highest BCUT2D eigenvalue weighted by Crippen LogP contribution is 2.14. The summed E-state index contributed by atoms with van der Waals surface area (Å²) in [6.07, 6.45) is 0. The van der Waals surface area contributed by atoms with Gasteiger partial charge in [0.15, 0.2) is 0 Å². The Morgan fingerprint density at radius 3 is 2.55 bits per heavy atom. The average molecular weight is 291 g/mol. The minimum atomic E-state index is -0.319. The molecule has 3 N–H and O–H groups in total. The fourth-order valence-corrected chi connectivity index (χ4v) is 2.53. The topological polar surface area (TPSA) is 78.9 Å². The van der Waals surface area contributed by atoms with Crippen LogP contribution in [0.2, 0.25) is 0 Å². The summed E-state index contributed by atoms with van der Waals surface area (Å²) >= 11 is 1.62. The Hall–Kier alpha value is -2.15. The van der Waals surface area contributed by atoms with Crippen molar-refractivity contribution in [2.24, 2.45) is 0 Å². The van der Waals surface area contributed by atoms with E-state index in [2.05, 4.69) is 26.1 Å². The predicted octanol–water partition coefficient (Wildman–Crippen LogP) is 2.29. The molecule has 0 radical (unpaired) electrons. The van der Waals surface area contributed by atoms with Crippen LogP contribution in [0.3, 0.4) is 0 Å². The van der Waals surface area contributed by atoms with Crippen LogP contribution in [0.1, 0.15) is 21.8 Å². The van der Waals surface area contributed by atoms with E-state index in [9.17, 15) is 4.79 Å². The SMILES string of the molecule is Cc1cc(C)nc(NNC(=O)NCc2sccc2C)n1. The third kappa shape index (κ3) is 3.92. The minimum absolute atomic E-state index is 0.319. The first-order valence-corrected chi connectivity index (χ1v) is 7.07. The van der Waals surface area contributed by atoms with E-state index in [0.717, 1.165) is 16.3 Å². The number of amides is 2. The highest BCUT2D eigenvalue weighted by atomic mass is 32.1. The van der Waals surface area contributed by atoms with Gasteiger partial charge in [-0.3, -0.25) is 5.43 Å². The monoisotopic (exact) mass is 291 g/mol. The van der Waals surface area contributed by atoms with E-state index >= 15 is 0 Å². The molecule has 0 fully saturated rings. The Kier molecular flexibility index (Phi) is 4.52. The normalized spacial score (nSPS) is 10.2. The van der Waals surface area contributed by atoms with Gasteiger partial charge in [0.1, 0.15) is 0 Å². The van der Waals surface area contributed by atoms with Gasteiger partial charge in [0, 0.05) is 16.3 Å². The summed E-state index contributed by atoms with van der Waals surface area (Å²) < 4.78 is 0. The van der Waals surface area contributed by atoms with E-state index in [1.165, 1.54) is 5.56 Å². The molecule has 0 atom stereocenters. The Morgan fingerprint density at radius 2 is 1.95 bits per heavy atom. The van der Waals surface area contributed by atoms with Gasteiger partial charge in [0.05, 0.1) is 6.54 Å². The summed E-state index contributed by atoms with van der Waals surface area (Å²) in [5, 5.41) is 4.77. The van der Waals surface area contributed by atoms with E-state index in [-0.39, 0.29) is 6.03 Å². The van der Waals surface area contributed by atoms with Crippen molar-refractivity contribution in [2.45, 2.75) is 27.3 Å². The molecular weight excluding hydrogens is 274 g/mol. The molecular formula is C13H17N5OS. The molecule has 2 amide bonds. The molecule has 0 spiro atoms. The quantitative estimate of drug-likeness (QED) is 0.755. The number of hydrogen-bond acceptors (Lipinski definition) is 5. The second-order valence-electron chi connectivity index (χ2n) is 4.43. The molecule has 0 unspecified atom stereocenters. The number of hydrazine groups is 1. The summed E-state index contributed by atoms with van der Waals surface area (Å²) in [7, 11) is 0. The van der Waals surface area contributed by atoms with Gasteiger partial charge in [-0.1, -0.05) is 0 Å². The summed E-state index contributed by atoms with van der Waals surface area (Å²) in [4.78, 5) is 21.1. The standard InChI is InChI=1S/C13H17N5OS/c1-8-4-5-20-11(8)7-14-13(19)18-17-12-15-9(2)6-10(3)16-12/h4-6H,7H2,1-3H3,(H2,14,18,19)(H,15,16,17). The average Bonchev–Trinajstić information content (AvgIpc) is 2.78. The molecule has 2 aromatic rings. The Balaban J connectivity index is 1.82. The molecule has 20 heavy (non-hydrogen) atoms. The van der Waals surface area contributed by atoms with E-state index in [0.29, 0.717) is 12.5 Å². The van der Waals surface area contributed by atoms with Crippen LogP contribution in [0.5, 0.6) is 0 Å². The Bertz CT molecular complexity index is 590. The van der Waals surface area contributed by atoms with Crippen LogP contribution in [-0.2, 0) is 6.54 Å². The zero-order chi connectivity index (χ0) is 14.5. The van der Waals surface area contributed by atoms with Crippen LogP contribution in [0.4, 0.5) is 10.7 Å². The molecule has 0 saturated carbocycles. The van der Waals surface area contributed by atoms with Crippen molar-refractivity contribution in [1.82, 2.24) is 20.7 Å². The lowest BCUT2D eigenvalue weighted by Crippen LogP contribution is -2.39. The number of urea groups is 1. The largest absolute Gasteiger partial charge is 0.333 e. The number of thiophene rings is 1. The maximum absolute atomic E-state index is 11.7. The maximum atomic E-state index is 11.7. The number of hydrogen-bond donors (Lipinski definition) is 3. The molecule has 0 aromatic carbocycles. The summed E-state index contributed by atoms with van der Waals surface area (Å²) in [5.41, 5.74) is 8.07. The van der Waals surface area contributed by atoms with Gasteiger partial charge in [-0.05, 0) is 43.8 Å². The number of nitrogens with one attached hydrogen (secondary N) is 3. The molecule has 0 saturated heterocycles. The highest BCUT2D eigenvalue weighted by Gasteiger charge is 2.04. The lowest BCUT2D eigenvalue weighted by atomic mass is 10.3. The van der Waals surface area contributed by atoms with Gasteiger partial charge in [-0.2, -0.15) is 0 Å². The highest BCUT2D eigenvalue weighted by molar-refractivity contribution is 7.10. The van der Waals surface area contributed by atoms with Crippen LogP contribution in [0, 0.1) is 20.8 Å². The summed E-state index contributed by atoms with van der Waals surface area (Å²) in [6.45, 7) is 6.27. The lowest BCUT2D eigenvalue weighted by molar-refractivity contribution is 0.242. The van der Waals surface area contributed by atoms with Gasteiger partial charge in [-0.25, -0.2) is 20.2 Å². The van der Waals surface area contributed by atoms with E-state index < -0.39 is 0 Å². The number of aryl methyl sites for hydroxylation is 3. The van der Waals surface area contributed by atoms with Crippen LogP contribution < -0.4 is 16.2 Å². The first kappa shape index (κ1) is 14.3. The van der Waals surface area contributed by atoms with Crippen molar-refractivity contribution in [3.63, 3.8) is 0 Å². The van der Waals surface area contributed by atoms with Crippen molar-refractivity contribution in [3.8, 4) is 0 Å². The lowest BCUT2D eigenvalue weighted by Gasteiger charge is -2.09. The third-order valence-electron chi connectivity index (χ3n) is 2.65. The van der Waals surface area contributed by atoms with Crippen molar-refractivity contribution in [2.75, 3.05) is 5.43 Å². The van der Waals surface area contributed by atoms with Gasteiger partial charge in [0.25, 0.3) is 0 Å². The first-order chi connectivity index (χ1) is 9.54. The number of carbonyl (C=O) groups is 1. The number of rotatable bonds is 4. The smallest absolute Gasteiger partial charge is 0.332 e. The number of anilines is 1. The Morgan fingerprint density at radius 1 is 1.25 bits per heavy atom. The predicted molar refractivity (Wildman–Crippen MR) is 79.6 cm³/mol. The Labute approximate surface area is 121 Å². The number of aromatic nitrogens is 2. The summed E-state index contributed by atoms with van der Waals surface area (Å²) in [6, 6.07) is 3.58. The summed E-state index contributed by atoms with van der Waals surface area (Å²) in [5.74, 6) is 0.380. The molecule has 2 aromatic heterocycles. The molecule has 0 aliphatic carbocycles. The molecule has 0 aliphatic rings. The van der Waals surface area contributed by atoms with E-state index in [1.807, 2.05) is 38.3 Å². The second-order valence-corrected chi connectivity index (χ2v) is 5.43.